The molecule has 0 aliphatic rings. The molecular weight excluding hydrogens is 210 g/mol. The van der Waals surface area contributed by atoms with Gasteiger partial charge in [-0.1, -0.05) is 13.8 Å². The molecule has 17 heavy (non-hydrogen) atoms. The van der Waals surface area contributed by atoms with Crippen LogP contribution in [-0.4, -0.2) is 11.7 Å². The van der Waals surface area contributed by atoms with Gasteiger partial charge in [-0.25, -0.2) is 0 Å². The Balaban J connectivity index is 3.25. The smallest absolute Gasteiger partial charge is 0.182 e. The van der Waals surface area contributed by atoms with Crippen molar-refractivity contribution in [3.63, 3.8) is 0 Å². The summed E-state index contributed by atoms with van der Waals surface area (Å²) in [5, 5.41) is 9.42. The molecule has 0 saturated heterocycles. The highest BCUT2D eigenvalue weighted by Gasteiger charge is 2.22. The summed E-state index contributed by atoms with van der Waals surface area (Å²) in [6, 6.07) is 4.70. The zero-order chi connectivity index (χ0) is 12.8. The summed E-state index contributed by atoms with van der Waals surface area (Å²) >= 11 is 0. The van der Waals surface area contributed by atoms with Crippen molar-refractivity contribution >= 4 is 0 Å². The van der Waals surface area contributed by atoms with Crippen molar-refractivity contribution in [1.82, 2.24) is 0 Å². The molecule has 0 bridgehead atoms. The second-order valence-electron chi connectivity index (χ2n) is 4.92. The van der Waals surface area contributed by atoms with Gasteiger partial charge in [-0.05, 0) is 25.3 Å². The lowest BCUT2D eigenvalue weighted by Gasteiger charge is -2.14. The van der Waals surface area contributed by atoms with Crippen LogP contribution < -0.4 is 4.57 Å². The number of aryl methyl sites for hydroxylation is 3. The van der Waals surface area contributed by atoms with E-state index >= 15 is 0 Å². The van der Waals surface area contributed by atoms with Crippen LogP contribution in [0.4, 0.5) is 0 Å². The molecule has 1 aromatic rings. The zero-order valence-electron chi connectivity index (χ0n) is 11.7. The van der Waals surface area contributed by atoms with Crippen molar-refractivity contribution < 1.29 is 9.67 Å². The fourth-order valence-corrected chi connectivity index (χ4v) is 2.44. The summed E-state index contributed by atoms with van der Waals surface area (Å²) in [7, 11) is 0. The quantitative estimate of drug-likeness (QED) is 0.755. The summed E-state index contributed by atoms with van der Waals surface area (Å²) in [5.41, 5.74) is 4.05. The lowest BCUT2D eigenvalue weighted by molar-refractivity contribution is -0.734. The Morgan fingerprint density at radius 1 is 1.12 bits per heavy atom. The van der Waals surface area contributed by atoms with Crippen molar-refractivity contribution in [3.05, 3.63) is 29.1 Å². The molecule has 1 N–H and O–H groups in total. The number of rotatable bonds is 6. The first-order valence-corrected chi connectivity index (χ1v) is 6.78. The lowest BCUT2D eigenvalue weighted by Crippen LogP contribution is -2.47. The summed E-state index contributed by atoms with van der Waals surface area (Å²) in [6.45, 7) is 8.87. The minimum Gasteiger partial charge on any atom is -0.389 e. The average molecular weight is 236 g/mol. The van der Waals surface area contributed by atoms with Crippen LogP contribution in [0.15, 0.2) is 12.1 Å². The van der Waals surface area contributed by atoms with Gasteiger partial charge in [-0.2, -0.15) is 4.57 Å². The van der Waals surface area contributed by atoms with E-state index in [1.165, 1.54) is 17.0 Å². The van der Waals surface area contributed by atoms with Crippen LogP contribution in [0.5, 0.6) is 0 Å². The van der Waals surface area contributed by atoms with E-state index in [0.717, 1.165) is 25.7 Å². The summed E-state index contributed by atoms with van der Waals surface area (Å²) < 4.78 is 2.33. The average Bonchev–Trinajstić information content (AvgIpc) is 2.28. The number of aromatic nitrogens is 1. The molecule has 2 nitrogen and oxygen atoms in total. The van der Waals surface area contributed by atoms with Gasteiger partial charge in [0, 0.05) is 31.9 Å². The van der Waals surface area contributed by atoms with E-state index in [0.29, 0.717) is 0 Å². The van der Waals surface area contributed by atoms with Crippen molar-refractivity contribution in [2.24, 2.45) is 0 Å². The van der Waals surface area contributed by atoms with Gasteiger partial charge in [-0.3, -0.25) is 0 Å². The fraction of sp³-hybridized carbons (Fsp3) is 0.667. The largest absolute Gasteiger partial charge is 0.389 e. The molecule has 0 aromatic carbocycles. The predicted octanol–water partition coefficient (Wildman–Crippen LogP) is 2.74. The van der Waals surface area contributed by atoms with Crippen LogP contribution in [0.3, 0.4) is 0 Å². The standard InChI is InChI=1S/C15H26NO/c1-5-7-14-9-12(3)10-15(8-6-2)16(14)13(4)11-17/h9-10,13,17H,5-8,11H2,1-4H3/q+1/t13-/m0/s1. The van der Waals surface area contributed by atoms with Gasteiger partial charge in [0.2, 0.25) is 0 Å². The number of hydrogen-bond acceptors (Lipinski definition) is 1. The van der Waals surface area contributed by atoms with Crippen LogP contribution in [-0.2, 0) is 12.8 Å². The monoisotopic (exact) mass is 236 g/mol. The summed E-state index contributed by atoms with van der Waals surface area (Å²) in [6.07, 6.45) is 4.46. The van der Waals surface area contributed by atoms with Crippen LogP contribution in [0.25, 0.3) is 0 Å². The van der Waals surface area contributed by atoms with Crippen molar-refractivity contribution in [1.29, 1.82) is 0 Å². The summed E-state index contributed by atoms with van der Waals surface area (Å²) in [5.74, 6) is 0. The van der Waals surface area contributed by atoms with Gasteiger partial charge in [0.1, 0.15) is 6.61 Å². The molecule has 96 valence electrons. The predicted molar refractivity (Wildman–Crippen MR) is 71.2 cm³/mol. The number of aliphatic hydroxyl groups is 1. The SMILES string of the molecule is CCCc1cc(C)cc(CCC)[n+]1[C@@H](C)CO. The van der Waals surface area contributed by atoms with Crippen LogP contribution >= 0.6 is 0 Å². The van der Waals surface area contributed by atoms with Gasteiger partial charge in [0.25, 0.3) is 0 Å². The molecule has 0 radical (unpaired) electrons. The molecule has 1 atom stereocenters. The molecule has 0 aliphatic carbocycles. The molecule has 1 rings (SSSR count). The van der Waals surface area contributed by atoms with Gasteiger partial charge < -0.3 is 5.11 Å². The number of nitrogens with zero attached hydrogens (tertiary/aromatic N) is 1. The van der Waals surface area contributed by atoms with Crippen molar-refractivity contribution in [2.75, 3.05) is 6.61 Å². The molecule has 0 amide bonds. The second kappa shape index (κ2) is 6.75. The Bertz CT molecular complexity index is 333. The highest BCUT2D eigenvalue weighted by atomic mass is 16.3. The fourth-order valence-electron chi connectivity index (χ4n) is 2.44. The first-order valence-electron chi connectivity index (χ1n) is 6.78. The van der Waals surface area contributed by atoms with Crippen LogP contribution in [0.1, 0.15) is 56.6 Å². The molecule has 1 heterocycles. The molecule has 0 aliphatic heterocycles. The van der Waals surface area contributed by atoms with Gasteiger partial charge in [0.05, 0.1) is 0 Å². The number of hydrogen-bond donors (Lipinski definition) is 1. The Morgan fingerprint density at radius 3 is 1.94 bits per heavy atom. The topological polar surface area (TPSA) is 24.1 Å². The highest BCUT2D eigenvalue weighted by Crippen LogP contribution is 2.11. The van der Waals surface area contributed by atoms with Crippen molar-refractivity contribution in [3.8, 4) is 0 Å². The van der Waals surface area contributed by atoms with E-state index in [1.54, 1.807) is 0 Å². The third-order valence-corrected chi connectivity index (χ3v) is 3.12. The number of aliphatic hydroxyl groups excluding tert-OH is 1. The van der Waals surface area contributed by atoms with Crippen LogP contribution in [0, 0.1) is 6.92 Å². The van der Waals surface area contributed by atoms with E-state index in [1.807, 2.05) is 0 Å². The number of pyridine rings is 1. The van der Waals surface area contributed by atoms with E-state index < -0.39 is 0 Å². The molecule has 0 fully saturated rings. The minimum atomic E-state index is 0.179. The molecule has 0 unspecified atom stereocenters. The maximum atomic E-state index is 9.42. The Hall–Kier alpha value is -0.890. The normalized spacial score (nSPS) is 12.8. The van der Waals surface area contributed by atoms with E-state index in [4.69, 9.17) is 0 Å². The van der Waals surface area contributed by atoms with E-state index in [2.05, 4.69) is 44.4 Å². The first-order chi connectivity index (χ1) is 8.13. The lowest BCUT2D eigenvalue weighted by atomic mass is 10.1. The Kier molecular flexibility index (Phi) is 5.63. The zero-order valence-corrected chi connectivity index (χ0v) is 11.7. The summed E-state index contributed by atoms with van der Waals surface area (Å²) in [4.78, 5) is 0. The molecular formula is C15H26NO+. The Morgan fingerprint density at radius 2 is 1.59 bits per heavy atom. The third-order valence-electron chi connectivity index (χ3n) is 3.12. The molecule has 0 spiro atoms. The Labute approximate surface area is 105 Å². The molecule has 1 aromatic heterocycles. The first kappa shape index (κ1) is 14.2. The van der Waals surface area contributed by atoms with Crippen molar-refractivity contribution in [2.45, 2.75) is 59.4 Å². The van der Waals surface area contributed by atoms with Gasteiger partial charge in [-0.15, -0.1) is 0 Å². The highest BCUT2D eigenvalue weighted by molar-refractivity contribution is 5.15. The third kappa shape index (κ3) is 3.53. The van der Waals surface area contributed by atoms with E-state index in [-0.39, 0.29) is 12.6 Å². The maximum absolute atomic E-state index is 9.42. The van der Waals surface area contributed by atoms with E-state index in [9.17, 15) is 5.11 Å². The van der Waals surface area contributed by atoms with Gasteiger partial charge in [0.15, 0.2) is 17.4 Å². The van der Waals surface area contributed by atoms with Gasteiger partial charge >= 0.3 is 0 Å². The molecule has 0 saturated carbocycles. The second-order valence-corrected chi connectivity index (χ2v) is 4.92. The van der Waals surface area contributed by atoms with Crippen LogP contribution in [0.2, 0.25) is 0 Å². The maximum Gasteiger partial charge on any atom is 0.182 e. The minimum absolute atomic E-state index is 0.179. The molecule has 2 heteroatoms.